The number of nitrogens with one attached hydrogen (secondary N) is 1. The number of alkyl halides is 3. The first-order valence-electron chi connectivity index (χ1n) is 9.73. The van der Waals surface area contributed by atoms with Crippen molar-refractivity contribution in [1.29, 1.82) is 5.26 Å². The minimum absolute atomic E-state index is 0.0617. The Hall–Kier alpha value is -3.59. The van der Waals surface area contributed by atoms with E-state index in [2.05, 4.69) is 10.3 Å². The number of rotatable bonds is 3. The van der Waals surface area contributed by atoms with Gasteiger partial charge in [-0.25, -0.2) is 9.37 Å². The molecule has 1 saturated carbocycles. The van der Waals surface area contributed by atoms with Gasteiger partial charge < -0.3 is 10.2 Å². The summed E-state index contributed by atoms with van der Waals surface area (Å²) < 4.78 is 54.9. The van der Waals surface area contributed by atoms with Crippen molar-refractivity contribution in [1.82, 2.24) is 4.98 Å². The number of hydrogen-bond acceptors (Lipinski definition) is 5. The van der Waals surface area contributed by atoms with Crippen molar-refractivity contribution >= 4 is 46.2 Å². The molecule has 0 radical (unpaired) electrons. The second-order valence-electron chi connectivity index (χ2n) is 7.69. The first kappa shape index (κ1) is 22.6. The summed E-state index contributed by atoms with van der Waals surface area (Å²) in [6.45, 7) is 1.23. The Morgan fingerprint density at radius 2 is 1.97 bits per heavy atom. The number of carbonyl (C=O) groups excluding carboxylic acids is 2. The average Bonchev–Trinajstić information content (AvgIpc) is 2.95. The highest BCUT2D eigenvalue weighted by atomic mass is 32.1. The highest BCUT2D eigenvalue weighted by molar-refractivity contribution is 7.81. The van der Waals surface area contributed by atoms with Crippen LogP contribution < -0.4 is 15.1 Å². The Labute approximate surface area is 190 Å². The number of amides is 2. The van der Waals surface area contributed by atoms with Crippen molar-refractivity contribution in [2.24, 2.45) is 0 Å². The lowest BCUT2D eigenvalue weighted by Crippen LogP contribution is -2.55. The zero-order valence-corrected chi connectivity index (χ0v) is 17.9. The van der Waals surface area contributed by atoms with Crippen LogP contribution in [0, 0.1) is 17.1 Å². The number of benzene rings is 1. The first-order chi connectivity index (χ1) is 15.5. The van der Waals surface area contributed by atoms with Crippen LogP contribution in [0.25, 0.3) is 0 Å². The van der Waals surface area contributed by atoms with E-state index < -0.39 is 40.6 Å². The number of thiocarbonyl (C=S) groups is 1. The van der Waals surface area contributed by atoms with Crippen LogP contribution in [0.15, 0.2) is 30.5 Å². The van der Waals surface area contributed by atoms with E-state index in [0.29, 0.717) is 25.3 Å². The number of hydrogen-bond donors (Lipinski definition) is 1. The van der Waals surface area contributed by atoms with Crippen LogP contribution >= 0.6 is 12.2 Å². The first-order valence-corrected chi connectivity index (χ1v) is 10.1. The molecule has 2 fully saturated rings. The Morgan fingerprint density at radius 1 is 1.27 bits per heavy atom. The molecule has 2 aliphatic rings. The predicted molar refractivity (Wildman–Crippen MR) is 114 cm³/mol. The van der Waals surface area contributed by atoms with Gasteiger partial charge in [0.25, 0.3) is 5.91 Å². The molecule has 0 atom stereocenters. The zero-order chi connectivity index (χ0) is 24.1. The Morgan fingerprint density at radius 3 is 2.48 bits per heavy atom. The second kappa shape index (κ2) is 7.77. The van der Waals surface area contributed by atoms with E-state index in [1.165, 1.54) is 30.0 Å². The Kier molecular flexibility index (Phi) is 5.32. The summed E-state index contributed by atoms with van der Waals surface area (Å²) in [6, 6.07) is 5.94. The van der Waals surface area contributed by atoms with Crippen LogP contribution in [-0.4, -0.2) is 27.4 Å². The molecule has 7 nitrogen and oxygen atoms in total. The third-order valence-electron chi connectivity index (χ3n) is 5.66. The summed E-state index contributed by atoms with van der Waals surface area (Å²) >= 11 is 5.46. The summed E-state index contributed by atoms with van der Waals surface area (Å²) in [4.78, 5) is 30.6. The Bertz CT molecular complexity index is 1240. The van der Waals surface area contributed by atoms with Gasteiger partial charge in [0.15, 0.2) is 10.8 Å². The lowest BCUT2D eigenvalue weighted by atomic mass is 9.75. The fraction of sp³-hybridized carbons (Fsp3) is 0.286. The van der Waals surface area contributed by atoms with E-state index in [4.69, 9.17) is 17.5 Å². The minimum atomic E-state index is -4.87. The minimum Gasteiger partial charge on any atom is -0.324 e. The molecule has 1 spiro atoms. The second-order valence-corrected chi connectivity index (χ2v) is 8.05. The molecular weight excluding hydrogens is 462 g/mol. The monoisotopic (exact) mass is 477 g/mol. The van der Waals surface area contributed by atoms with E-state index in [-0.39, 0.29) is 22.2 Å². The van der Waals surface area contributed by atoms with Crippen molar-refractivity contribution in [3.05, 3.63) is 47.5 Å². The number of halogens is 4. The van der Waals surface area contributed by atoms with Gasteiger partial charge in [0.05, 0.1) is 23.1 Å². The number of carbonyl (C=O) groups is 2. The summed E-state index contributed by atoms with van der Waals surface area (Å²) in [5.41, 5.74) is -3.35. The normalized spacial score (nSPS) is 17.2. The van der Waals surface area contributed by atoms with Gasteiger partial charge in [0.2, 0.25) is 5.91 Å². The average molecular weight is 477 g/mol. The van der Waals surface area contributed by atoms with E-state index >= 15 is 0 Å². The van der Waals surface area contributed by atoms with Crippen LogP contribution in [0.2, 0.25) is 0 Å². The molecule has 1 N–H and O–H groups in total. The van der Waals surface area contributed by atoms with Gasteiger partial charge in [0, 0.05) is 12.6 Å². The van der Waals surface area contributed by atoms with Gasteiger partial charge in [-0.2, -0.15) is 18.4 Å². The largest absolute Gasteiger partial charge is 0.419 e. The molecule has 2 amide bonds. The number of anilines is 3. The molecule has 12 heteroatoms. The fourth-order valence-corrected chi connectivity index (χ4v) is 4.49. The smallest absolute Gasteiger partial charge is 0.324 e. The standard InChI is InChI=1S/C21H15F4N5O2S/c1-11(31)28-16-4-3-12(8-15(16)22)30-19(33)29(18(32)20(30)5-2-6-20)13-7-14(21(23,24)25)17(9-26)27-10-13/h3-4,7-8,10H,2,5-6H2,1H3,(H,28,31). The summed E-state index contributed by atoms with van der Waals surface area (Å²) in [5.74, 6) is -1.78. The van der Waals surface area contributed by atoms with Gasteiger partial charge in [-0.3, -0.25) is 14.5 Å². The molecule has 4 rings (SSSR count). The van der Waals surface area contributed by atoms with Crippen LogP contribution in [0.5, 0.6) is 0 Å². The maximum absolute atomic E-state index is 14.6. The van der Waals surface area contributed by atoms with Gasteiger partial charge in [-0.05, 0) is 55.7 Å². The molecule has 0 bridgehead atoms. The lowest BCUT2D eigenvalue weighted by Gasteiger charge is -2.43. The van der Waals surface area contributed by atoms with Gasteiger partial charge in [0.1, 0.15) is 17.4 Å². The van der Waals surface area contributed by atoms with Crippen LogP contribution in [0.4, 0.5) is 34.6 Å². The molecule has 2 aromatic rings. The van der Waals surface area contributed by atoms with Crippen molar-refractivity contribution < 1.29 is 27.2 Å². The molecule has 33 heavy (non-hydrogen) atoms. The highest BCUT2D eigenvalue weighted by Gasteiger charge is 2.59. The van der Waals surface area contributed by atoms with Gasteiger partial charge in [-0.15, -0.1) is 0 Å². The lowest BCUT2D eigenvalue weighted by molar-refractivity contribution is -0.138. The molecule has 0 unspecified atom stereocenters. The molecular formula is C21H15F4N5O2S. The van der Waals surface area contributed by atoms with E-state index in [9.17, 15) is 27.2 Å². The van der Waals surface area contributed by atoms with Gasteiger partial charge >= 0.3 is 6.18 Å². The van der Waals surface area contributed by atoms with Crippen molar-refractivity contribution in [3.8, 4) is 6.07 Å². The summed E-state index contributed by atoms with van der Waals surface area (Å²) in [5, 5.41) is 11.2. The molecule has 1 aliphatic carbocycles. The highest BCUT2D eigenvalue weighted by Crippen LogP contribution is 2.48. The van der Waals surface area contributed by atoms with Crippen molar-refractivity contribution in [2.45, 2.75) is 37.9 Å². The molecule has 2 heterocycles. The SMILES string of the molecule is CC(=O)Nc1ccc(N2C(=S)N(c3cnc(C#N)c(C(F)(F)F)c3)C(=O)C23CCC3)cc1F. The number of pyridine rings is 1. The molecule has 1 aromatic heterocycles. The molecule has 170 valence electrons. The van der Waals surface area contributed by atoms with E-state index in [1.807, 2.05) is 0 Å². The third kappa shape index (κ3) is 3.58. The number of aromatic nitrogens is 1. The zero-order valence-electron chi connectivity index (χ0n) is 17.0. The van der Waals surface area contributed by atoms with Gasteiger partial charge in [-0.1, -0.05) is 0 Å². The molecule has 1 aromatic carbocycles. The molecule has 1 aliphatic heterocycles. The quantitative estimate of drug-likeness (QED) is 0.528. The number of nitriles is 1. The maximum atomic E-state index is 14.6. The summed E-state index contributed by atoms with van der Waals surface area (Å²) in [6.07, 6.45) is -2.48. The van der Waals surface area contributed by atoms with Crippen molar-refractivity contribution in [2.75, 3.05) is 15.1 Å². The maximum Gasteiger partial charge on any atom is 0.419 e. The molecule has 1 saturated heterocycles. The van der Waals surface area contributed by atoms with E-state index in [0.717, 1.165) is 17.2 Å². The van der Waals surface area contributed by atoms with Crippen LogP contribution in [0.3, 0.4) is 0 Å². The van der Waals surface area contributed by atoms with E-state index in [1.54, 1.807) is 0 Å². The van der Waals surface area contributed by atoms with Crippen molar-refractivity contribution in [3.63, 3.8) is 0 Å². The van der Waals surface area contributed by atoms with Crippen LogP contribution in [-0.2, 0) is 15.8 Å². The fourth-order valence-electron chi connectivity index (χ4n) is 4.02. The third-order valence-corrected chi connectivity index (χ3v) is 6.02. The van der Waals surface area contributed by atoms with Crippen LogP contribution in [0.1, 0.15) is 37.4 Å². The Balaban J connectivity index is 1.79. The predicted octanol–water partition coefficient (Wildman–Crippen LogP) is 4.13. The topological polar surface area (TPSA) is 89.3 Å². The number of nitrogens with zero attached hydrogens (tertiary/aromatic N) is 4. The summed E-state index contributed by atoms with van der Waals surface area (Å²) in [7, 11) is 0.